The molecule has 1 N–H and O–H groups in total. The van der Waals surface area contributed by atoms with Crippen LogP contribution in [0, 0.1) is 0 Å². The van der Waals surface area contributed by atoms with Crippen molar-refractivity contribution in [2.45, 2.75) is 38.8 Å². The molecular weight excluding hydrogens is 328 g/mol. The van der Waals surface area contributed by atoms with Crippen molar-refractivity contribution in [2.75, 3.05) is 19.8 Å². The van der Waals surface area contributed by atoms with Gasteiger partial charge < -0.3 is 19.4 Å². The summed E-state index contributed by atoms with van der Waals surface area (Å²) in [5, 5.41) is 12.6. The zero-order valence-electron chi connectivity index (χ0n) is 13.6. The van der Waals surface area contributed by atoms with Gasteiger partial charge in [-0.25, -0.2) is 0 Å². The first-order valence-corrected chi connectivity index (χ1v) is 8.89. The van der Waals surface area contributed by atoms with Crippen LogP contribution >= 0.6 is 11.6 Å². The van der Waals surface area contributed by atoms with E-state index in [1.54, 1.807) is 0 Å². The first-order chi connectivity index (χ1) is 11.8. The molecule has 3 heterocycles. The average Bonchev–Trinajstić information content (AvgIpc) is 3.10. The van der Waals surface area contributed by atoms with E-state index in [1.807, 2.05) is 12.1 Å². The van der Waals surface area contributed by atoms with Crippen molar-refractivity contribution in [3.63, 3.8) is 0 Å². The maximum Gasteiger partial charge on any atom is 0.179 e. The van der Waals surface area contributed by atoms with Crippen molar-refractivity contribution in [2.24, 2.45) is 0 Å². The Morgan fingerprint density at radius 3 is 3.04 bits per heavy atom. The molecule has 128 valence electrons. The van der Waals surface area contributed by atoms with Crippen LogP contribution in [0.25, 0.3) is 0 Å². The Labute approximate surface area is 146 Å². The smallest absolute Gasteiger partial charge is 0.179 e. The monoisotopic (exact) mass is 348 g/mol. The summed E-state index contributed by atoms with van der Waals surface area (Å²) in [5.41, 5.74) is 1.09. The SMILES string of the molecule is Clc1cc(CNCCc2nnc3n2CCC3)cc2c1OCCCO2. The molecule has 0 amide bonds. The molecule has 0 unspecified atom stereocenters. The highest BCUT2D eigenvalue weighted by atomic mass is 35.5. The Kier molecular flexibility index (Phi) is 4.58. The number of hydrogen-bond acceptors (Lipinski definition) is 5. The van der Waals surface area contributed by atoms with Gasteiger partial charge >= 0.3 is 0 Å². The van der Waals surface area contributed by atoms with Crippen molar-refractivity contribution in [3.05, 3.63) is 34.4 Å². The molecule has 1 aromatic heterocycles. The number of fused-ring (bicyclic) bond motifs is 2. The summed E-state index contributed by atoms with van der Waals surface area (Å²) in [6, 6.07) is 3.95. The highest BCUT2D eigenvalue weighted by Gasteiger charge is 2.17. The lowest BCUT2D eigenvalue weighted by Gasteiger charge is -2.12. The zero-order valence-corrected chi connectivity index (χ0v) is 14.3. The van der Waals surface area contributed by atoms with Gasteiger partial charge in [0.2, 0.25) is 0 Å². The zero-order chi connectivity index (χ0) is 16.4. The lowest BCUT2D eigenvalue weighted by Crippen LogP contribution is -2.18. The van der Waals surface area contributed by atoms with Crippen LogP contribution in [0.2, 0.25) is 5.02 Å². The largest absolute Gasteiger partial charge is 0.489 e. The third kappa shape index (κ3) is 3.21. The fourth-order valence-electron chi connectivity index (χ4n) is 3.21. The van der Waals surface area contributed by atoms with Crippen molar-refractivity contribution in [1.29, 1.82) is 0 Å². The summed E-state index contributed by atoms with van der Waals surface area (Å²) < 4.78 is 13.6. The van der Waals surface area contributed by atoms with E-state index >= 15 is 0 Å². The second kappa shape index (κ2) is 6.99. The number of ether oxygens (including phenoxy) is 2. The van der Waals surface area contributed by atoms with E-state index in [1.165, 1.54) is 6.42 Å². The van der Waals surface area contributed by atoms with E-state index in [2.05, 4.69) is 20.1 Å². The van der Waals surface area contributed by atoms with Gasteiger partial charge in [-0.05, 0) is 24.1 Å². The van der Waals surface area contributed by atoms with Crippen LogP contribution in [0.4, 0.5) is 0 Å². The highest BCUT2D eigenvalue weighted by molar-refractivity contribution is 6.32. The van der Waals surface area contributed by atoms with E-state index in [0.29, 0.717) is 24.0 Å². The minimum atomic E-state index is 0.612. The number of nitrogens with one attached hydrogen (secondary N) is 1. The lowest BCUT2D eigenvalue weighted by atomic mass is 10.2. The normalized spacial score (nSPS) is 16.0. The molecule has 0 fully saturated rings. The van der Waals surface area contributed by atoms with Crippen LogP contribution in [-0.4, -0.2) is 34.5 Å². The number of rotatable bonds is 5. The molecular formula is C17H21ClN4O2. The summed E-state index contributed by atoms with van der Waals surface area (Å²) in [5.74, 6) is 3.61. The van der Waals surface area contributed by atoms with Gasteiger partial charge in [0, 0.05) is 38.9 Å². The maximum absolute atomic E-state index is 6.32. The predicted molar refractivity (Wildman–Crippen MR) is 90.8 cm³/mol. The van der Waals surface area contributed by atoms with E-state index < -0.39 is 0 Å². The Morgan fingerprint density at radius 1 is 1.17 bits per heavy atom. The summed E-state index contributed by atoms with van der Waals surface area (Å²) in [6.45, 7) is 3.95. The van der Waals surface area contributed by atoms with E-state index in [-0.39, 0.29) is 0 Å². The number of hydrogen-bond donors (Lipinski definition) is 1. The fourth-order valence-corrected chi connectivity index (χ4v) is 3.50. The van der Waals surface area contributed by atoms with Gasteiger partial charge in [-0.1, -0.05) is 11.6 Å². The molecule has 24 heavy (non-hydrogen) atoms. The first-order valence-electron chi connectivity index (χ1n) is 8.51. The van der Waals surface area contributed by atoms with Crippen LogP contribution in [0.3, 0.4) is 0 Å². The molecule has 0 bridgehead atoms. The molecule has 7 heteroatoms. The average molecular weight is 349 g/mol. The third-order valence-electron chi connectivity index (χ3n) is 4.40. The number of aryl methyl sites for hydroxylation is 1. The van der Waals surface area contributed by atoms with Crippen LogP contribution in [0.15, 0.2) is 12.1 Å². The van der Waals surface area contributed by atoms with Crippen molar-refractivity contribution >= 4 is 11.6 Å². The van der Waals surface area contributed by atoms with Gasteiger partial charge in [0.25, 0.3) is 0 Å². The molecule has 1 aromatic carbocycles. The Bertz CT molecular complexity index is 732. The van der Waals surface area contributed by atoms with Gasteiger partial charge in [-0.15, -0.1) is 10.2 Å². The van der Waals surface area contributed by atoms with Crippen LogP contribution in [0.1, 0.15) is 30.1 Å². The van der Waals surface area contributed by atoms with Crippen molar-refractivity contribution < 1.29 is 9.47 Å². The molecule has 2 aliphatic heterocycles. The molecule has 6 nitrogen and oxygen atoms in total. The van der Waals surface area contributed by atoms with E-state index in [4.69, 9.17) is 21.1 Å². The predicted octanol–water partition coefficient (Wildman–Crippen LogP) is 2.37. The van der Waals surface area contributed by atoms with Crippen molar-refractivity contribution in [1.82, 2.24) is 20.1 Å². The van der Waals surface area contributed by atoms with E-state index in [9.17, 15) is 0 Å². The van der Waals surface area contributed by atoms with Crippen LogP contribution < -0.4 is 14.8 Å². The summed E-state index contributed by atoms with van der Waals surface area (Å²) in [6.07, 6.45) is 3.99. The van der Waals surface area contributed by atoms with E-state index in [0.717, 1.165) is 61.9 Å². The number of nitrogens with zero attached hydrogens (tertiary/aromatic N) is 3. The number of aromatic nitrogens is 3. The molecule has 0 aliphatic carbocycles. The van der Waals surface area contributed by atoms with Gasteiger partial charge in [0.1, 0.15) is 11.6 Å². The third-order valence-corrected chi connectivity index (χ3v) is 4.68. The van der Waals surface area contributed by atoms with Crippen LogP contribution in [-0.2, 0) is 25.9 Å². The fraction of sp³-hybridized carbons (Fsp3) is 0.529. The second-order valence-corrected chi connectivity index (χ2v) is 6.58. The molecule has 0 atom stereocenters. The molecule has 2 aromatic rings. The molecule has 0 spiro atoms. The molecule has 2 aliphatic rings. The minimum Gasteiger partial charge on any atom is -0.489 e. The lowest BCUT2D eigenvalue weighted by molar-refractivity contribution is 0.297. The van der Waals surface area contributed by atoms with Gasteiger partial charge in [-0.3, -0.25) is 0 Å². The standard InChI is InChI=1S/C17H21ClN4O2/c18-13-9-12(10-14-17(13)24-8-2-7-23-14)11-19-5-4-16-21-20-15-3-1-6-22(15)16/h9-10,19H,1-8,11H2. The Hall–Kier alpha value is -1.79. The van der Waals surface area contributed by atoms with Crippen molar-refractivity contribution in [3.8, 4) is 11.5 Å². The molecule has 4 rings (SSSR count). The summed E-state index contributed by atoms with van der Waals surface area (Å²) in [7, 11) is 0. The maximum atomic E-state index is 6.32. The first kappa shape index (κ1) is 15.7. The second-order valence-electron chi connectivity index (χ2n) is 6.17. The molecule has 0 saturated carbocycles. The van der Waals surface area contributed by atoms with Gasteiger partial charge in [0.15, 0.2) is 11.5 Å². The number of halogens is 1. The Morgan fingerprint density at radius 2 is 2.08 bits per heavy atom. The number of benzene rings is 1. The topological polar surface area (TPSA) is 61.2 Å². The van der Waals surface area contributed by atoms with Gasteiger partial charge in [-0.2, -0.15) is 0 Å². The molecule has 0 radical (unpaired) electrons. The van der Waals surface area contributed by atoms with Crippen LogP contribution in [0.5, 0.6) is 11.5 Å². The van der Waals surface area contributed by atoms with Gasteiger partial charge in [0.05, 0.1) is 18.2 Å². The highest BCUT2D eigenvalue weighted by Crippen LogP contribution is 2.37. The summed E-state index contributed by atoms with van der Waals surface area (Å²) in [4.78, 5) is 0. The summed E-state index contributed by atoms with van der Waals surface area (Å²) >= 11 is 6.32. The molecule has 0 saturated heterocycles. The quantitative estimate of drug-likeness (QED) is 0.840. The minimum absolute atomic E-state index is 0.612. The Balaban J connectivity index is 1.34.